The maximum atomic E-state index is 6.06. The Morgan fingerprint density at radius 2 is 2.15 bits per heavy atom. The van der Waals surface area contributed by atoms with Gasteiger partial charge in [-0.15, -0.1) is 24.8 Å². The van der Waals surface area contributed by atoms with Gasteiger partial charge >= 0.3 is 0 Å². The number of aryl methyl sites for hydroxylation is 1. The molecule has 4 rings (SSSR count). The molecule has 1 aliphatic heterocycles. The number of hydrogen-bond acceptors (Lipinski definition) is 5. The number of nitrogens with zero attached hydrogens (tertiary/aromatic N) is 4. The molecule has 146 valence electrons. The van der Waals surface area contributed by atoms with Crippen molar-refractivity contribution >= 4 is 36.4 Å². The Morgan fingerprint density at radius 1 is 1.30 bits per heavy atom. The molecule has 2 aromatic heterocycles. The molecule has 3 heterocycles. The van der Waals surface area contributed by atoms with E-state index in [4.69, 9.17) is 16.0 Å². The van der Waals surface area contributed by atoms with Gasteiger partial charge in [-0.3, -0.25) is 4.90 Å². The fraction of sp³-hybridized carbons (Fsp3) is 0.333. The van der Waals surface area contributed by atoms with E-state index in [0.29, 0.717) is 17.5 Å². The zero-order valence-electron chi connectivity index (χ0n) is 14.8. The minimum absolute atomic E-state index is 0. The average molecular weight is 431 g/mol. The van der Waals surface area contributed by atoms with Gasteiger partial charge in [-0.1, -0.05) is 23.7 Å². The van der Waals surface area contributed by atoms with Gasteiger partial charge in [-0.05, 0) is 12.1 Å². The molecule has 0 bridgehead atoms. The normalized spacial score (nSPS) is 17.2. The molecule has 1 atom stereocenters. The maximum absolute atomic E-state index is 6.06. The third-order valence-electron chi connectivity index (χ3n) is 4.51. The number of hydrogen-bond donors (Lipinski definition) is 1. The first-order valence-corrected chi connectivity index (χ1v) is 8.71. The van der Waals surface area contributed by atoms with Crippen molar-refractivity contribution in [3.8, 4) is 11.3 Å². The van der Waals surface area contributed by atoms with Crippen LogP contribution in [0.25, 0.3) is 11.3 Å². The van der Waals surface area contributed by atoms with Gasteiger partial charge < -0.3 is 14.3 Å². The second kappa shape index (κ2) is 9.57. The number of aromatic nitrogens is 3. The summed E-state index contributed by atoms with van der Waals surface area (Å²) in [5, 5.41) is 4.13. The summed E-state index contributed by atoms with van der Waals surface area (Å²) in [7, 11) is 2.03. The van der Waals surface area contributed by atoms with Gasteiger partial charge in [0, 0.05) is 49.7 Å². The fourth-order valence-corrected chi connectivity index (χ4v) is 3.41. The van der Waals surface area contributed by atoms with E-state index in [2.05, 4.69) is 24.8 Å². The fourth-order valence-electron chi connectivity index (χ4n) is 3.22. The molecule has 1 saturated heterocycles. The van der Waals surface area contributed by atoms with Crippen molar-refractivity contribution in [2.75, 3.05) is 19.6 Å². The second-order valence-electron chi connectivity index (χ2n) is 6.22. The van der Waals surface area contributed by atoms with Crippen LogP contribution in [-0.2, 0) is 13.6 Å². The largest absolute Gasteiger partial charge is 0.439 e. The van der Waals surface area contributed by atoms with Gasteiger partial charge in [0.1, 0.15) is 5.82 Å². The van der Waals surface area contributed by atoms with Crippen molar-refractivity contribution in [1.29, 1.82) is 0 Å². The van der Waals surface area contributed by atoms with Gasteiger partial charge in [0.15, 0.2) is 5.76 Å². The number of piperazine rings is 1. The molecule has 9 heteroatoms. The molecule has 0 saturated carbocycles. The summed E-state index contributed by atoms with van der Waals surface area (Å²) < 4.78 is 8.03. The Labute approximate surface area is 175 Å². The van der Waals surface area contributed by atoms with E-state index in [-0.39, 0.29) is 30.9 Å². The Morgan fingerprint density at radius 3 is 2.89 bits per heavy atom. The van der Waals surface area contributed by atoms with E-state index in [1.165, 1.54) is 0 Å². The Balaban J connectivity index is 0.00000131. The molecule has 0 amide bonds. The zero-order valence-corrected chi connectivity index (χ0v) is 17.2. The average Bonchev–Trinajstić information content (AvgIpc) is 3.25. The summed E-state index contributed by atoms with van der Waals surface area (Å²) in [5.74, 6) is 2.49. The SMILES string of the molecule is Cl.Cl.Cn1ccnc1C1CNCCN1Cc1ncc(-c2cccc(Cl)c2)o1. The van der Waals surface area contributed by atoms with Crippen molar-refractivity contribution in [3.63, 3.8) is 0 Å². The van der Waals surface area contributed by atoms with E-state index in [1.807, 2.05) is 43.7 Å². The lowest BCUT2D eigenvalue weighted by Gasteiger charge is -2.34. The summed E-state index contributed by atoms with van der Waals surface area (Å²) in [6.07, 6.45) is 5.58. The van der Waals surface area contributed by atoms with Crippen LogP contribution in [0.4, 0.5) is 0 Å². The van der Waals surface area contributed by atoms with E-state index >= 15 is 0 Å². The molecule has 27 heavy (non-hydrogen) atoms. The smallest absolute Gasteiger partial charge is 0.209 e. The number of oxazole rings is 1. The van der Waals surface area contributed by atoms with E-state index in [1.54, 1.807) is 6.20 Å². The summed E-state index contributed by atoms with van der Waals surface area (Å²) >= 11 is 6.06. The molecule has 0 radical (unpaired) electrons. The summed E-state index contributed by atoms with van der Waals surface area (Å²) in [4.78, 5) is 11.3. The first-order chi connectivity index (χ1) is 12.2. The predicted octanol–water partition coefficient (Wildman–Crippen LogP) is 3.72. The van der Waals surface area contributed by atoms with Crippen molar-refractivity contribution < 1.29 is 4.42 Å². The van der Waals surface area contributed by atoms with Crippen LogP contribution in [0.1, 0.15) is 17.8 Å². The number of rotatable bonds is 4. The predicted molar refractivity (Wildman–Crippen MR) is 111 cm³/mol. The Hall–Kier alpha value is -1.57. The van der Waals surface area contributed by atoms with Gasteiger partial charge in [0.2, 0.25) is 5.89 Å². The number of benzene rings is 1. The first kappa shape index (κ1) is 21.7. The highest BCUT2D eigenvalue weighted by atomic mass is 35.5. The number of halogens is 3. The van der Waals surface area contributed by atoms with Gasteiger partial charge in [-0.2, -0.15) is 0 Å². The standard InChI is InChI=1S/C18H20ClN5O.2ClH/c1-23-7-6-21-18(23)15-10-20-5-8-24(15)12-17-22-11-16(25-17)13-3-2-4-14(19)9-13;;/h2-4,6-7,9,11,15,20H,5,8,10,12H2,1H3;2*1H. The lowest BCUT2D eigenvalue weighted by atomic mass is 10.1. The molecule has 0 aliphatic carbocycles. The molecule has 1 aliphatic rings. The van der Waals surface area contributed by atoms with Gasteiger partial charge in [0.05, 0.1) is 18.8 Å². The lowest BCUT2D eigenvalue weighted by molar-refractivity contribution is 0.132. The number of imidazole rings is 1. The highest BCUT2D eigenvalue weighted by Gasteiger charge is 2.27. The van der Waals surface area contributed by atoms with Crippen LogP contribution in [0.5, 0.6) is 0 Å². The number of nitrogens with one attached hydrogen (secondary N) is 1. The lowest BCUT2D eigenvalue weighted by Crippen LogP contribution is -2.46. The van der Waals surface area contributed by atoms with Crippen LogP contribution >= 0.6 is 36.4 Å². The minimum atomic E-state index is 0. The maximum Gasteiger partial charge on any atom is 0.209 e. The van der Waals surface area contributed by atoms with Crippen LogP contribution < -0.4 is 5.32 Å². The molecule has 1 aromatic carbocycles. The molecule has 6 nitrogen and oxygen atoms in total. The minimum Gasteiger partial charge on any atom is -0.439 e. The third-order valence-corrected chi connectivity index (χ3v) is 4.75. The highest BCUT2D eigenvalue weighted by molar-refractivity contribution is 6.30. The van der Waals surface area contributed by atoms with E-state index in [9.17, 15) is 0 Å². The molecular weight excluding hydrogens is 409 g/mol. The van der Waals surface area contributed by atoms with Gasteiger partial charge in [0.25, 0.3) is 0 Å². The summed E-state index contributed by atoms with van der Waals surface area (Å²) in [5.41, 5.74) is 0.937. The molecular formula is C18H22Cl3N5O. The highest BCUT2D eigenvalue weighted by Crippen LogP contribution is 2.26. The quantitative estimate of drug-likeness (QED) is 0.683. The van der Waals surface area contributed by atoms with Crippen LogP contribution in [0, 0.1) is 0 Å². The van der Waals surface area contributed by atoms with E-state index in [0.717, 1.165) is 36.8 Å². The van der Waals surface area contributed by atoms with Crippen LogP contribution in [-0.4, -0.2) is 39.1 Å². The Bertz CT molecular complexity index is 866. The molecule has 1 fully saturated rings. The molecule has 0 spiro atoms. The van der Waals surface area contributed by atoms with Crippen molar-refractivity contribution in [2.24, 2.45) is 7.05 Å². The summed E-state index contributed by atoms with van der Waals surface area (Å²) in [6.45, 7) is 3.39. The molecule has 1 unspecified atom stereocenters. The van der Waals surface area contributed by atoms with Gasteiger partial charge in [-0.25, -0.2) is 9.97 Å². The van der Waals surface area contributed by atoms with Crippen molar-refractivity contribution in [1.82, 2.24) is 24.8 Å². The van der Waals surface area contributed by atoms with Crippen LogP contribution in [0.2, 0.25) is 5.02 Å². The van der Waals surface area contributed by atoms with Crippen molar-refractivity contribution in [2.45, 2.75) is 12.6 Å². The third kappa shape index (κ3) is 4.83. The Kier molecular flexibility index (Phi) is 7.70. The zero-order chi connectivity index (χ0) is 17.2. The molecule has 3 aromatic rings. The molecule has 1 N–H and O–H groups in total. The van der Waals surface area contributed by atoms with E-state index < -0.39 is 0 Å². The van der Waals surface area contributed by atoms with Crippen LogP contribution in [0.15, 0.2) is 47.3 Å². The summed E-state index contributed by atoms with van der Waals surface area (Å²) in [6, 6.07) is 7.81. The monoisotopic (exact) mass is 429 g/mol. The second-order valence-corrected chi connectivity index (χ2v) is 6.65. The van der Waals surface area contributed by atoms with Crippen molar-refractivity contribution in [3.05, 3.63) is 59.6 Å². The first-order valence-electron chi connectivity index (χ1n) is 8.33. The van der Waals surface area contributed by atoms with Crippen LogP contribution in [0.3, 0.4) is 0 Å². The topological polar surface area (TPSA) is 59.1 Å².